The Bertz CT molecular complexity index is 877. The lowest BCUT2D eigenvalue weighted by Crippen LogP contribution is -1.75. The summed E-state index contributed by atoms with van der Waals surface area (Å²) in [5.74, 6) is 0.746. The van der Waals surface area contributed by atoms with Gasteiger partial charge in [0.2, 0.25) is 5.78 Å². The van der Waals surface area contributed by atoms with Gasteiger partial charge in [-0.15, -0.1) is 0 Å². The Morgan fingerprint density at radius 1 is 0.947 bits per heavy atom. The quantitative estimate of drug-likeness (QED) is 0.523. The van der Waals surface area contributed by atoms with Crippen molar-refractivity contribution in [1.82, 2.24) is 13.8 Å². The van der Waals surface area contributed by atoms with E-state index in [9.17, 15) is 0 Å². The van der Waals surface area contributed by atoms with E-state index in [4.69, 9.17) is 11.6 Å². The number of imidazole rings is 1. The molecule has 2 heterocycles. The number of para-hydroxylation sites is 2. The van der Waals surface area contributed by atoms with Gasteiger partial charge in [-0.25, -0.2) is 8.77 Å². The molecule has 0 atom stereocenters. The number of hydrogen-bond donors (Lipinski definition) is 0. The van der Waals surface area contributed by atoms with Gasteiger partial charge in [-0.05, 0) is 35.8 Å². The van der Waals surface area contributed by atoms with Gasteiger partial charge in [0.1, 0.15) is 5.01 Å². The molecule has 4 rings (SSSR count). The Hall–Kier alpha value is -1.91. The molecule has 5 heteroatoms. The van der Waals surface area contributed by atoms with Crippen molar-refractivity contribution < 1.29 is 0 Å². The maximum Gasteiger partial charge on any atom is 0.246 e. The zero-order chi connectivity index (χ0) is 12.8. The van der Waals surface area contributed by atoms with Gasteiger partial charge in [0.15, 0.2) is 0 Å². The summed E-state index contributed by atoms with van der Waals surface area (Å²) in [5.41, 5.74) is 3.13. The lowest BCUT2D eigenvalue weighted by molar-refractivity contribution is 1.29. The van der Waals surface area contributed by atoms with Crippen molar-refractivity contribution in [2.45, 2.75) is 0 Å². The van der Waals surface area contributed by atoms with E-state index < -0.39 is 0 Å². The molecule has 19 heavy (non-hydrogen) atoms. The van der Waals surface area contributed by atoms with Crippen LogP contribution in [0.5, 0.6) is 0 Å². The molecule has 0 amide bonds. The average Bonchev–Trinajstić information content (AvgIpc) is 2.97. The van der Waals surface area contributed by atoms with Gasteiger partial charge < -0.3 is 0 Å². The molecule has 92 valence electrons. The number of rotatable bonds is 1. The van der Waals surface area contributed by atoms with Gasteiger partial charge in [-0.3, -0.25) is 0 Å². The average molecular weight is 286 g/mol. The van der Waals surface area contributed by atoms with Crippen molar-refractivity contribution in [3.05, 3.63) is 53.6 Å². The first-order valence-corrected chi connectivity index (χ1v) is 6.97. The minimum atomic E-state index is 0.732. The minimum Gasteiger partial charge on any atom is -0.229 e. The summed E-state index contributed by atoms with van der Waals surface area (Å²) >= 11 is 7.49. The molecule has 2 aromatic heterocycles. The fourth-order valence-electron chi connectivity index (χ4n) is 2.06. The second-order valence-electron chi connectivity index (χ2n) is 4.21. The Labute approximate surface area is 118 Å². The summed E-state index contributed by atoms with van der Waals surface area (Å²) in [6.07, 6.45) is 0. The number of fused-ring (bicyclic) bond motifs is 3. The van der Waals surface area contributed by atoms with E-state index in [2.05, 4.69) is 19.8 Å². The summed E-state index contributed by atoms with van der Waals surface area (Å²) in [7, 11) is 0. The van der Waals surface area contributed by atoms with Crippen molar-refractivity contribution in [2.24, 2.45) is 0 Å². The number of halogens is 1. The first-order valence-electron chi connectivity index (χ1n) is 5.82. The molecule has 3 nitrogen and oxygen atoms in total. The Morgan fingerprint density at radius 3 is 2.58 bits per heavy atom. The second-order valence-corrected chi connectivity index (χ2v) is 5.58. The summed E-state index contributed by atoms with van der Waals surface area (Å²) in [6.45, 7) is 0. The van der Waals surface area contributed by atoms with Crippen LogP contribution in [-0.2, 0) is 0 Å². The maximum absolute atomic E-state index is 5.90. The highest BCUT2D eigenvalue weighted by Crippen LogP contribution is 2.28. The summed E-state index contributed by atoms with van der Waals surface area (Å²) < 4.78 is 2.05. The number of hydrogen-bond acceptors (Lipinski definition) is 3. The molecule has 0 saturated carbocycles. The normalized spacial score (nSPS) is 11.4. The highest BCUT2D eigenvalue weighted by atomic mass is 35.5. The molecule has 0 aliphatic carbocycles. The van der Waals surface area contributed by atoms with Crippen molar-refractivity contribution in [3.8, 4) is 10.6 Å². The van der Waals surface area contributed by atoms with Gasteiger partial charge in [-0.1, -0.05) is 35.9 Å². The molecular formula is C14H8ClN3S. The van der Waals surface area contributed by atoms with Gasteiger partial charge in [0.25, 0.3) is 0 Å². The maximum atomic E-state index is 5.90. The van der Waals surface area contributed by atoms with Crippen LogP contribution in [0.3, 0.4) is 0 Å². The van der Waals surface area contributed by atoms with Crippen LogP contribution in [0.4, 0.5) is 0 Å². The largest absolute Gasteiger partial charge is 0.246 e. The minimum absolute atomic E-state index is 0.732. The van der Waals surface area contributed by atoms with Crippen molar-refractivity contribution in [1.29, 1.82) is 0 Å². The molecule has 0 unspecified atom stereocenters. The number of aromatic nitrogens is 3. The van der Waals surface area contributed by atoms with Crippen LogP contribution in [-0.4, -0.2) is 13.8 Å². The molecule has 4 aromatic rings. The van der Waals surface area contributed by atoms with Gasteiger partial charge in [0.05, 0.1) is 11.0 Å². The van der Waals surface area contributed by atoms with Gasteiger partial charge in [-0.2, -0.15) is 4.98 Å². The van der Waals surface area contributed by atoms with Crippen LogP contribution in [0.1, 0.15) is 0 Å². The number of nitrogens with zero attached hydrogens (tertiary/aromatic N) is 3. The van der Waals surface area contributed by atoms with Crippen molar-refractivity contribution in [3.63, 3.8) is 0 Å². The monoisotopic (exact) mass is 285 g/mol. The van der Waals surface area contributed by atoms with E-state index in [1.807, 2.05) is 42.5 Å². The lowest BCUT2D eigenvalue weighted by atomic mass is 10.2. The lowest BCUT2D eigenvalue weighted by Gasteiger charge is -1.94. The van der Waals surface area contributed by atoms with Crippen LogP contribution in [0, 0.1) is 0 Å². The highest BCUT2D eigenvalue weighted by Gasteiger charge is 2.11. The molecule has 0 radical (unpaired) electrons. The fraction of sp³-hybridized carbons (Fsp3) is 0. The summed E-state index contributed by atoms with van der Waals surface area (Å²) in [4.78, 5) is 9.09. The van der Waals surface area contributed by atoms with Crippen LogP contribution in [0.15, 0.2) is 48.5 Å². The third-order valence-electron chi connectivity index (χ3n) is 2.97. The predicted octanol–water partition coefficient (Wildman–Crippen LogP) is 4.26. The molecule has 0 N–H and O–H groups in total. The molecule has 0 saturated heterocycles. The zero-order valence-electron chi connectivity index (χ0n) is 9.75. The van der Waals surface area contributed by atoms with Crippen molar-refractivity contribution >= 4 is 39.9 Å². The smallest absolute Gasteiger partial charge is 0.229 e. The zero-order valence-corrected chi connectivity index (χ0v) is 11.3. The van der Waals surface area contributed by atoms with E-state index in [1.165, 1.54) is 0 Å². The first kappa shape index (κ1) is 11.0. The van der Waals surface area contributed by atoms with E-state index in [0.717, 1.165) is 32.4 Å². The van der Waals surface area contributed by atoms with Crippen LogP contribution < -0.4 is 0 Å². The molecule has 2 aromatic carbocycles. The van der Waals surface area contributed by atoms with Gasteiger partial charge >= 0.3 is 0 Å². The Morgan fingerprint density at radius 2 is 1.74 bits per heavy atom. The standard InChI is InChI=1S/C14H8ClN3S/c15-10-7-5-9(6-8-10)13-17-14-16-11-3-1-2-4-12(11)18(14)19-13/h1-8H. The van der Waals surface area contributed by atoms with Gasteiger partial charge in [0, 0.05) is 10.6 Å². The molecule has 0 aliphatic heterocycles. The Kier molecular flexibility index (Phi) is 2.33. The topological polar surface area (TPSA) is 30.2 Å². The van der Waals surface area contributed by atoms with Crippen LogP contribution in [0.25, 0.3) is 27.4 Å². The van der Waals surface area contributed by atoms with Crippen molar-refractivity contribution in [2.75, 3.05) is 0 Å². The van der Waals surface area contributed by atoms with E-state index in [-0.39, 0.29) is 0 Å². The molecule has 0 aliphatic rings. The SMILES string of the molecule is Clc1ccc(-c2nc3nc4ccccc4n3s2)cc1. The highest BCUT2D eigenvalue weighted by molar-refractivity contribution is 7.10. The van der Waals surface area contributed by atoms with E-state index >= 15 is 0 Å². The predicted molar refractivity (Wildman–Crippen MR) is 78.8 cm³/mol. The molecule has 0 bridgehead atoms. The molecule has 0 spiro atoms. The third-order valence-corrected chi connectivity index (χ3v) is 4.27. The van der Waals surface area contributed by atoms with Crippen LogP contribution in [0.2, 0.25) is 5.02 Å². The summed E-state index contributed by atoms with van der Waals surface area (Å²) in [6, 6.07) is 15.7. The number of benzene rings is 2. The third kappa shape index (κ3) is 1.72. The summed E-state index contributed by atoms with van der Waals surface area (Å²) in [5, 5.41) is 1.68. The second kappa shape index (κ2) is 4.05. The molecular weight excluding hydrogens is 278 g/mol. The Balaban J connectivity index is 1.94. The van der Waals surface area contributed by atoms with Crippen LogP contribution >= 0.6 is 23.1 Å². The molecule has 0 fully saturated rings. The van der Waals surface area contributed by atoms with E-state index in [0.29, 0.717) is 0 Å². The fourth-order valence-corrected chi connectivity index (χ4v) is 3.14. The first-order chi connectivity index (χ1) is 9.31. The van der Waals surface area contributed by atoms with E-state index in [1.54, 1.807) is 11.5 Å².